The largest absolute Gasteiger partial charge is 0.508 e. The molecule has 2 aromatic rings. The van der Waals surface area contributed by atoms with Crippen LogP contribution < -0.4 is 5.63 Å². The predicted octanol–water partition coefficient (Wildman–Crippen LogP) is 3.48. The van der Waals surface area contributed by atoms with Crippen molar-refractivity contribution in [2.24, 2.45) is 5.92 Å². The number of carbonyl (C=O) groups is 1. The molecule has 4 rings (SSSR count). The molecule has 2 atom stereocenters. The molecule has 2 aliphatic rings. The molecule has 0 bridgehead atoms. The Morgan fingerprint density at radius 3 is 2.88 bits per heavy atom. The molecule has 2 unspecified atom stereocenters. The summed E-state index contributed by atoms with van der Waals surface area (Å²) < 4.78 is 10.7. The van der Waals surface area contributed by atoms with Crippen LogP contribution in [0, 0.1) is 12.8 Å². The van der Waals surface area contributed by atoms with Crippen LogP contribution >= 0.6 is 0 Å². The topological polar surface area (TPSA) is 83.2 Å². The average molecular weight is 457 g/mol. The predicted molar refractivity (Wildman–Crippen MR) is 128 cm³/mol. The van der Waals surface area contributed by atoms with Gasteiger partial charge in [0.1, 0.15) is 11.3 Å². The van der Waals surface area contributed by atoms with Gasteiger partial charge in [0.15, 0.2) is 0 Å². The maximum absolute atomic E-state index is 13.5. The lowest BCUT2D eigenvalue weighted by Crippen LogP contribution is -2.52. The highest BCUT2D eigenvalue weighted by atomic mass is 16.5. The van der Waals surface area contributed by atoms with Crippen molar-refractivity contribution in [2.45, 2.75) is 57.9 Å². The zero-order chi connectivity index (χ0) is 23.4. The molecule has 2 saturated heterocycles. The van der Waals surface area contributed by atoms with Crippen molar-refractivity contribution in [1.82, 2.24) is 9.80 Å². The second-order valence-electron chi connectivity index (χ2n) is 9.54. The number of fused-ring (bicyclic) bond motifs is 2. The molecular formula is C26H36N2O5. The van der Waals surface area contributed by atoms with E-state index < -0.39 is 5.63 Å². The highest BCUT2D eigenvalue weighted by Crippen LogP contribution is 2.32. The van der Waals surface area contributed by atoms with Crippen LogP contribution in [0.25, 0.3) is 11.0 Å². The van der Waals surface area contributed by atoms with Crippen LogP contribution in [0.2, 0.25) is 0 Å². The number of nitrogens with zero attached hydrogens (tertiary/aromatic N) is 2. The van der Waals surface area contributed by atoms with Crippen molar-refractivity contribution in [2.75, 3.05) is 39.9 Å². The van der Waals surface area contributed by atoms with Crippen LogP contribution in [0.1, 0.15) is 49.7 Å². The van der Waals surface area contributed by atoms with E-state index in [1.54, 1.807) is 19.2 Å². The number of methoxy groups -OCH3 is 1. The molecule has 7 nitrogen and oxygen atoms in total. The zero-order valence-electron chi connectivity index (χ0n) is 19.8. The fourth-order valence-electron chi connectivity index (χ4n) is 5.64. The van der Waals surface area contributed by atoms with Gasteiger partial charge < -0.3 is 24.1 Å². The van der Waals surface area contributed by atoms with E-state index >= 15 is 0 Å². The van der Waals surface area contributed by atoms with E-state index in [0.717, 1.165) is 30.3 Å². The minimum atomic E-state index is -0.507. The molecule has 0 radical (unpaired) electrons. The molecule has 33 heavy (non-hydrogen) atoms. The molecule has 2 aliphatic heterocycles. The first-order chi connectivity index (χ1) is 16.0. The Hall–Kier alpha value is -2.38. The van der Waals surface area contributed by atoms with Gasteiger partial charge in [0.05, 0.1) is 12.0 Å². The smallest absolute Gasteiger partial charge is 0.340 e. The maximum Gasteiger partial charge on any atom is 0.340 e. The molecule has 0 saturated carbocycles. The number of amides is 1. The van der Waals surface area contributed by atoms with Crippen LogP contribution in [-0.2, 0) is 16.0 Å². The van der Waals surface area contributed by atoms with E-state index in [0.29, 0.717) is 36.3 Å². The third-order valence-corrected chi connectivity index (χ3v) is 7.41. The first kappa shape index (κ1) is 23.8. The molecule has 0 aliphatic carbocycles. The van der Waals surface area contributed by atoms with E-state index in [2.05, 4.69) is 4.90 Å². The number of hydrogen-bond acceptors (Lipinski definition) is 6. The highest BCUT2D eigenvalue weighted by Gasteiger charge is 2.34. The summed E-state index contributed by atoms with van der Waals surface area (Å²) in [4.78, 5) is 30.8. The molecular weight excluding hydrogens is 420 g/mol. The third kappa shape index (κ3) is 5.41. The van der Waals surface area contributed by atoms with Crippen molar-refractivity contribution in [3.8, 4) is 5.75 Å². The minimum absolute atomic E-state index is 0.0269. The fourth-order valence-corrected chi connectivity index (χ4v) is 5.64. The molecule has 3 heterocycles. The number of piperidine rings is 2. The summed E-state index contributed by atoms with van der Waals surface area (Å²) in [5.74, 6) is 0.484. The Kier molecular flexibility index (Phi) is 7.71. The second kappa shape index (κ2) is 10.7. The molecule has 1 aromatic carbocycles. The highest BCUT2D eigenvalue weighted by molar-refractivity contribution is 5.85. The van der Waals surface area contributed by atoms with E-state index in [9.17, 15) is 14.7 Å². The van der Waals surface area contributed by atoms with Gasteiger partial charge in [-0.1, -0.05) is 6.42 Å². The van der Waals surface area contributed by atoms with Crippen LogP contribution in [0.4, 0.5) is 0 Å². The normalized spacial score (nSPS) is 21.2. The monoisotopic (exact) mass is 456 g/mol. The summed E-state index contributed by atoms with van der Waals surface area (Å²) in [6.45, 7) is 6.15. The Labute approximate surface area is 195 Å². The second-order valence-corrected chi connectivity index (χ2v) is 9.54. The van der Waals surface area contributed by atoms with Crippen LogP contribution in [0.5, 0.6) is 5.75 Å². The fraction of sp³-hybridized carbons (Fsp3) is 0.615. The Morgan fingerprint density at radius 2 is 2.06 bits per heavy atom. The number of aryl methyl sites for hydroxylation is 1. The van der Waals surface area contributed by atoms with E-state index in [4.69, 9.17) is 9.15 Å². The molecule has 7 heteroatoms. The van der Waals surface area contributed by atoms with Crippen molar-refractivity contribution in [1.29, 1.82) is 0 Å². The molecule has 1 amide bonds. The minimum Gasteiger partial charge on any atom is -0.508 e. The quantitative estimate of drug-likeness (QED) is 0.484. The SMILES string of the molecule is COCCCN(CC1CCCN2CCCCC12)C(=O)Cc1c(C)c2ccc(O)cc2oc1=O. The van der Waals surface area contributed by atoms with Crippen molar-refractivity contribution >= 4 is 16.9 Å². The van der Waals surface area contributed by atoms with Gasteiger partial charge in [-0.25, -0.2) is 4.79 Å². The number of rotatable bonds is 8. The standard InChI is InChI=1S/C26H36N2O5/c1-18-21-10-9-20(29)15-24(21)33-26(31)22(18)16-25(30)28(13-6-14-32-2)17-19-7-5-12-27-11-4-3-8-23(19)27/h9-10,15,19,23,29H,3-8,11-14,16-17H2,1-2H3. The Morgan fingerprint density at radius 1 is 1.24 bits per heavy atom. The summed E-state index contributed by atoms with van der Waals surface area (Å²) in [5, 5.41) is 10.4. The van der Waals surface area contributed by atoms with Gasteiger partial charge in [-0.15, -0.1) is 0 Å². The number of phenols is 1. The molecule has 180 valence electrons. The van der Waals surface area contributed by atoms with Gasteiger partial charge in [-0.05, 0) is 75.7 Å². The number of aromatic hydroxyl groups is 1. The van der Waals surface area contributed by atoms with Gasteiger partial charge in [-0.2, -0.15) is 0 Å². The Bertz CT molecular complexity index is 1030. The third-order valence-electron chi connectivity index (χ3n) is 7.41. The first-order valence-electron chi connectivity index (χ1n) is 12.2. The lowest BCUT2D eigenvalue weighted by molar-refractivity contribution is -0.132. The van der Waals surface area contributed by atoms with Crippen molar-refractivity contribution in [3.05, 3.63) is 39.7 Å². The molecule has 1 aromatic heterocycles. The Balaban J connectivity index is 1.54. The van der Waals surface area contributed by atoms with Crippen LogP contribution in [0.15, 0.2) is 27.4 Å². The molecule has 2 fully saturated rings. The summed E-state index contributed by atoms with van der Waals surface area (Å²) in [6.07, 6.45) is 6.88. The number of benzene rings is 1. The van der Waals surface area contributed by atoms with Gasteiger partial charge >= 0.3 is 5.63 Å². The number of carbonyl (C=O) groups excluding carboxylic acids is 1. The summed E-state index contributed by atoms with van der Waals surface area (Å²) in [5.41, 5.74) is 0.970. The number of hydrogen-bond donors (Lipinski definition) is 1. The maximum atomic E-state index is 13.5. The van der Waals surface area contributed by atoms with Crippen LogP contribution in [0.3, 0.4) is 0 Å². The summed E-state index contributed by atoms with van der Waals surface area (Å²) >= 11 is 0. The van der Waals surface area contributed by atoms with Crippen molar-refractivity contribution < 1.29 is 19.1 Å². The van der Waals surface area contributed by atoms with Gasteiger partial charge in [-0.3, -0.25) is 4.79 Å². The van der Waals surface area contributed by atoms with E-state index in [-0.39, 0.29) is 18.1 Å². The first-order valence-corrected chi connectivity index (χ1v) is 12.2. The molecule has 0 spiro atoms. The average Bonchev–Trinajstić information content (AvgIpc) is 2.81. The summed E-state index contributed by atoms with van der Waals surface area (Å²) in [6, 6.07) is 5.29. The van der Waals surface area contributed by atoms with Gasteiger partial charge in [0, 0.05) is 44.3 Å². The zero-order valence-corrected chi connectivity index (χ0v) is 19.8. The lowest BCUT2D eigenvalue weighted by atomic mass is 9.83. The van der Waals surface area contributed by atoms with E-state index in [1.807, 2.05) is 11.8 Å². The lowest BCUT2D eigenvalue weighted by Gasteiger charge is -2.45. The molecule has 1 N–H and O–H groups in total. The van der Waals surface area contributed by atoms with Crippen LogP contribution in [-0.4, -0.2) is 66.8 Å². The summed E-state index contributed by atoms with van der Waals surface area (Å²) in [7, 11) is 1.68. The number of ether oxygens (including phenoxy) is 1. The van der Waals surface area contributed by atoms with Gasteiger partial charge in [0.2, 0.25) is 5.91 Å². The van der Waals surface area contributed by atoms with E-state index in [1.165, 1.54) is 44.8 Å². The van der Waals surface area contributed by atoms with Crippen molar-refractivity contribution in [3.63, 3.8) is 0 Å². The van der Waals surface area contributed by atoms with Gasteiger partial charge in [0.25, 0.3) is 0 Å². The number of phenolic OH excluding ortho intramolecular Hbond substituents is 1.